The van der Waals surface area contributed by atoms with E-state index in [1.807, 2.05) is 26.8 Å². The minimum atomic E-state index is -0.745. The second-order valence-corrected chi connectivity index (χ2v) is 6.18. The number of nitrogens with one attached hydrogen (secondary N) is 1. The van der Waals surface area contributed by atoms with Gasteiger partial charge in [0.2, 0.25) is 12.3 Å². The molecule has 1 aliphatic carbocycles. The van der Waals surface area contributed by atoms with Crippen LogP contribution in [-0.2, 0) is 9.59 Å². The molecule has 1 N–H and O–H groups in total. The van der Waals surface area contributed by atoms with Gasteiger partial charge in [0.25, 0.3) is 5.91 Å². The van der Waals surface area contributed by atoms with Gasteiger partial charge in [-0.05, 0) is 45.7 Å². The maximum Gasteiger partial charge on any atom is 0.256 e. The molecule has 130 valence electrons. The molecule has 6 nitrogen and oxygen atoms in total. The third kappa shape index (κ3) is 3.13. The number of amides is 3. The molecule has 0 bridgehead atoms. The predicted octanol–water partition coefficient (Wildman–Crippen LogP) is 2.04. The predicted molar refractivity (Wildman–Crippen MR) is 92.9 cm³/mol. The van der Waals surface area contributed by atoms with Crippen LogP contribution in [0.5, 0.6) is 0 Å². The van der Waals surface area contributed by atoms with Crippen LogP contribution in [0.3, 0.4) is 0 Å². The van der Waals surface area contributed by atoms with E-state index in [1.54, 1.807) is 29.0 Å². The molecule has 0 saturated heterocycles. The summed E-state index contributed by atoms with van der Waals surface area (Å²) in [6, 6.07) is 5.27. The summed E-state index contributed by atoms with van der Waals surface area (Å²) in [5.74, 6) is -0.248. The Morgan fingerprint density at radius 2 is 1.88 bits per heavy atom. The standard InChI is InChI=1S/C18H25N3O3/c1-5-21(6-2)17(24)18(9-10-18)20(4)16(23)14-11-13(3)7-8-15(14)19-12-22/h7-8,11-12H,5-6,9-10H2,1-4H3,(H,19,22). The monoisotopic (exact) mass is 331 g/mol. The van der Waals surface area contributed by atoms with Crippen molar-refractivity contribution in [3.8, 4) is 0 Å². The molecule has 0 atom stereocenters. The lowest BCUT2D eigenvalue weighted by Gasteiger charge is -2.32. The number of benzene rings is 1. The van der Waals surface area contributed by atoms with E-state index in [0.29, 0.717) is 43.6 Å². The number of nitrogens with zero attached hydrogens (tertiary/aromatic N) is 2. The number of anilines is 1. The third-order valence-electron chi connectivity index (χ3n) is 4.74. The van der Waals surface area contributed by atoms with E-state index in [9.17, 15) is 14.4 Å². The SMILES string of the molecule is CCN(CC)C(=O)C1(N(C)C(=O)c2cc(C)ccc2NC=O)CC1. The van der Waals surface area contributed by atoms with E-state index in [-0.39, 0.29) is 11.8 Å². The van der Waals surface area contributed by atoms with Gasteiger partial charge in [-0.25, -0.2) is 0 Å². The number of rotatable bonds is 7. The van der Waals surface area contributed by atoms with E-state index < -0.39 is 5.54 Å². The zero-order valence-electron chi connectivity index (χ0n) is 14.8. The van der Waals surface area contributed by atoms with Gasteiger partial charge >= 0.3 is 0 Å². The number of hydrogen-bond acceptors (Lipinski definition) is 3. The minimum Gasteiger partial charge on any atom is -0.341 e. The summed E-state index contributed by atoms with van der Waals surface area (Å²) in [6.45, 7) is 7.01. The average Bonchev–Trinajstić information content (AvgIpc) is 3.38. The average molecular weight is 331 g/mol. The molecule has 0 unspecified atom stereocenters. The molecular weight excluding hydrogens is 306 g/mol. The Morgan fingerprint density at radius 1 is 1.25 bits per heavy atom. The molecular formula is C18H25N3O3. The molecule has 1 fully saturated rings. The lowest BCUT2D eigenvalue weighted by Crippen LogP contribution is -2.51. The molecule has 1 aromatic carbocycles. The highest BCUT2D eigenvalue weighted by Gasteiger charge is 2.56. The van der Waals surface area contributed by atoms with Crippen molar-refractivity contribution in [2.24, 2.45) is 0 Å². The first-order chi connectivity index (χ1) is 11.4. The maximum atomic E-state index is 13.0. The highest BCUT2D eigenvalue weighted by atomic mass is 16.2. The quantitative estimate of drug-likeness (QED) is 0.777. The lowest BCUT2D eigenvalue weighted by atomic mass is 10.1. The van der Waals surface area contributed by atoms with Crippen LogP contribution in [0.15, 0.2) is 18.2 Å². The second-order valence-electron chi connectivity index (χ2n) is 6.18. The van der Waals surface area contributed by atoms with E-state index in [0.717, 1.165) is 5.56 Å². The van der Waals surface area contributed by atoms with Crippen LogP contribution >= 0.6 is 0 Å². The largest absolute Gasteiger partial charge is 0.341 e. The van der Waals surface area contributed by atoms with Crippen LogP contribution in [0.2, 0.25) is 0 Å². The van der Waals surface area contributed by atoms with Crippen molar-refractivity contribution in [3.63, 3.8) is 0 Å². The molecule has 1 aliphatic rings. The summed E-state index contributed by atoms with van der Waals surface area (Å²) >= 11 is 0. The normalized spacial score (nSPS) is 14.7. The molecule has 0 aromatic heterocycles. The van der Waals surface area contributed by atoms with Crippen molar-refractivity contribution in [1.29, 1.82) is 0 Å². The summed E-state index contributed by atoms with van der Waals surface area (Å²) in [5, 5.41) is 2.56. The molecule has 2 rings (SSSR count). The maximum absolute atomic E-state index is 13.0. The number of carbonyl (C=O) groups is 3. The number of carbonyl (C=O) groups excluding carboxylic acids is 3. The first kappa shape index (κ1) is 18.0. The Labute approximate surface area is 142 Å². The first-order valence-electron chi connectivity index (χ1n) is 8.29. The van der Waals surface area contributed by atoms with E-state index in [2.05, 4.69) is 5.32 Å². The Hall–Kier alpha value is -2.37. The van der Waals surface area contributed by atoms with Crippen LogP contribution in [-0.4, -0.2) is 53.7 Å². The summed E-state index contributed by atoms with van der Waals surface area (Å²) in [7, 11) is 1.67. The van der Waals surface area contributed by atoms with Gasteiger partial charge in [-0.1, -0.05) is 11.6 Å². The van der Waals surface area contributed by atoms with Crippen LogP contribution in [0.4, 0.5) is 5.69 Å². The van der Waals surface area contributed by atoms with Gasteiger partial charge < -0.3 is 15.1 Å². The highest BCUT2D eigenvalue weighted by molar-refractivity contribution is 6.05. The van der Waals surface area contributed by atoms with Crippen molar-refractivity contribution >= 4 is 23.9 Å². The Balaban J connectivity index is 2.31. The minimum absolute atomic E-state index is 0.000833. The fourth-order valence-electron chi connectivity index (χ4n) is 3.02. The van der Waals surface area contributed by atoms with E-state index in [1.165, 1.54) is 0 Å². The molecule has 0 radical (unpaired) electrons. The Kier molecular flexibility index (Phi) is 5.26. The number of likely N-dealkylation sites (N-methyl/N-ethyl adjacent to an activating group) is 2. The summed E-state index contributed by atoms with van der Waals surface area (Å²) < 4.78 is 0. The van der Waals surface area contributed by atoms with Gasteiger partial charge in [0.1, 0.15) is 5.54 Å². The topological polar surface area (TPSA) is 69.7 Å². The summed E-state index contributed by atoms with van der Waals surface area (Å²) in [6.07, 6.45) is 1.90. The fraction of sp³-hybridized carbons (Fsp3) is 0.500. The molecule has 3 amide bonds. The Morgan fingerprint density at radius 3 is 2.38 bits per heavy atom. The molecule has 1 saturated carbocycles. The van der Waals surface area contributed by atoms with Gasteiger partial charge in [-0.3, -0.25) is 14.4 Å². The van der Waals surface area contributed by atoms with Gasteiger partial charge in [0.15, 0.2) is 0 Å². The van der Waals surface area contributed by atoms with Crippen molar-refractivity contribution in [1.82, 2.24) is 9.80 Å². The zero-order valence-corrected chi connectivity index (χ0v) is 14.8. The zero-order chi connectivity index (χ0) is 17.9. The summed E-state index contributed by atoms with van der Waals surface area (Å²) in [4.78, 5) is 39.9. The molecule has 0 heterocycles. The van der Waals surface area contributed by atoms with E-state index >= 15 is 0 Å². The fourth-order valence-corrected chi connectivity index (χ4v) is 3.02. The molecule has 0 aliphatic heterocycles. The molecule has 24 heavy (non-hydrogen) atoms. The first-order valence-corrected chi connectivity index (χ1v) is 8.29. The molecule has 0 spiro atoms. The van der Waals surface area contributed by atoms with Crippen molar-refractivity contribution < 1.29 is 14.4 Å². The third-order valence-corrected chi connectivity index (χ3v) is 4.74. The van der Waals surface area contributed by atoms with Crippen molar-refractivity contribution in [2.45, 2.75) is 39.2 Å². The lowest BCUT2D eigenvalue weighted by molar-refractivity contribution is -0.136. The van der Waals surface area contributed by atoms with E-state index in [4.69, 9.17) is 0 Å². The molecule has 1 aromatic rings. The van der Waals surface area contributed by atoms with Crippen LogP contribution < -0.4 is 5.32 Å². The second kappa shape index (κ2) is 7.03. The Bertz CT molecular complexity index is 649. The summed E-state index contributed by atoms with van der Waals surface area (Å²) in [5.41, 5.74) is 1.04. The van der Waals surface area contributed by atoms with Gasteiger partial charge in [0, 0.05) is 20.1 Å². The smallest absolute Gasteiger partial charge is 0.256 e. The molecule has 6 heteroatoms. The van der Waals surface area contributed by atoms with Crippen molar-refractivity contribution in [2.75, 3.05) is 25.5 Å². The van der Waals surface area contributed by atoms with Crippen LogP contribution in [0, 0.1) is 6.92 Å². The van der Waals surface area contributed by atoms with Crippen LogP contribution in [0.1, 0.15) is 42.6 Å². The number of hydrogen-bond donors (Lipinski definition) is 1. The highest BCUT2D eigenvalue weighted by Crippen LogP contribution is 2.43. The van der Waals surface area contributed by atoms with Gasteiger partial charge in [-0.15, -0.1) is 0 Å². The van der Waals surface area contributed by atoms with Gasteiger partial charge in [0.05, 0.1) is 11.3 Å². The number of aryl methyl sites for hydroxylation is 1. The van der Waals surface area contributed by atoms with Gasteiger partial charge in [-0.2, -0.15) is 0 Å². The van der Waals surface area contributed by atoms with Crippen LogP contribution in [0.25, 0.3) is 0 Å². The van der Waals surface area contributed by atoms with Crippen molar-refractivity contribution in [3.05, 3.63) is 29.3 Å².